The first-order valence-electron chi connectivity index (χ1n) is 4.93. The van der Waals surface area contributed by atoms with Gasteiger partial charge in [0.15, 0.2) is 0 Å². The van der Waals surface area contributed by atoms with Crippen LogP contribution in [0.3, 0.4) is 0 Å². The second kappa shape index (κ2) is 5.50. The number of aromatic nitrogens is 2. The van der Waals surface area contributed by atoms with Gasteiger partial charge in [-0.05, 0) is 19.8 Å². The van der Waals surface area contributed by atoms with E-state index in [9.17, 15) is 4.79 Å². The lowest BCUT2D eigenvalue weighted by molar-refractivity contribution is 0.178. The van der Waals surface area contributed by atoms with Gasteiger partial charge in [-0.15, -0.1) is 5.10 Å². The van der Waals surface area contributed by atoms with Crippen molar-refractivity contribution < 1.29 is 9.84 Å². The summed E-state index contributed by atoms with van der Waals surface area (Å²) in [5.41, 5.74) is -0.151. The summed E-state index contributed by atoms with van der Waals surface area (Å²) >= 11 is 0. The van der Waals surface area contributed by atoms with Crippen molar-refractivity contribution in [3.63, 3.8) is 0 Å². The molecule has 0 fully saturated rings. The zero-order chi connectivity index (χ0) is 11.3. The topological polar surface area (TPSA) is 64.3 Å². The second-order valence-corrected chi connectivity index (χ2v) is 3.43. The third-order valence-electron chi connectivity index (χ3n) is 2.04. The summed E-state index contributed by atoms with van der Waals surface area (Å²) in [5, 5.41) is 13.1. The van der Waals surface area contributed by atoms with Gasteiger partial charge in [-0.3, -0.25) is 4.79 Å². The number of aliphatic hydroxyl groups is 1. The van der Waals surface area contributed by atoms with E-state index >= 15 is 0 Å². The molecule has 1 aromatic rings. The summed E-state index contributed by atoms with van der Waals surface area (Å²) in [4.78, 5) is 11.3. The molecule has 0 radical (unpaired) electrons. The van der Waals surface area contributed by atoms with Crippen LogP contribution in [-0.2, 0) is 6.54 Å². The predicted molar refractivity (Wildman–Crippen MR) is 56.0 cm³/mol. The summed E-state index contributed by atoms with van der Waals surface area (Å²) in [7, 11) is 1.51. The van der Waals surface area contributed by atoms with Gasteiger partial charge in [0.05, 0.1) is 13.2 Å². The van der Waals surface area contributed by atoms with E-state index in [0.29, 0.717) is 18.8 Å². The number of rotatable bonds is 5. The Morgan fingerprint density at radius 3 is 2.93 bits per heavy atom. The molecule has 15 heavy (non-hydrogen) atoms. The first kappa shape index (κ1) is 11.7. The van der Waals surface area contributed by atoms with E-state index in [-0.39, 0.29) is 11.7 Å². The van der Waals surface area contributed by atoms with Crippen LogP contribution >= 0.6 is 0 Å². The van der Waals surface area contributed by atoms with Crippen molar-refractivity contribution >= 4 is 0 Å². The molecule has 1 aromatic heterocycles. The van der Waals surface area contributed by atoms with Crippen LogP contribution in [0.4, 0.5) is 0 Å². The molecule has 0 saturated heterocycles. The Morgan fingerprint density at radius 1 is 1.60 bits per heavy atom. The fourth-order valence-electron chi connectivity index (χ4n) is 1.24. The highest BCUT2D eigenvalue weighted by atomic mass is 16.5. The zero-order valence-electron chi connectivity index (χ0n) is 9.01. The minimum absolute atomic E-state index is 0.151. The lowest BCUT2D eigenvalue weighted by atomic mass is 10.2. The van der Waals surface area contributed by atoms with Crippen LogP contribution in [0, 0.1) is 0 Å². The molecule has 0 aliphatic carbocycles. The van der Waals surface area contributed by atoms with Crippen LogP contribution in [0.2, 0.25) is 0 Å². The van der Waals surface area contributed by atoms with E-state index < -0.39 is 0 Å². The normalized spacial score (nSPS) is 12.5. The maximum absolute atomic E-state index is 11.3. The van der Waals surface area contributed by atoms with Crippen LogP contribution < -0.4 is 10.3 Å². The Bertz CT molecular complexity index is 360. The fourth-order valence-corrected chi connectivity index (χ4v) is 1.24. The van der Waals surface area contributed by atoms with Crippen molar-refractivity contribution in [3.05, 3.63) is 22.5 Å². The van der Waals surface area contributed by atoms with Gasteiger partial charge in [0.1, 0.15) is 0 Å². The average Bonchev–Trinajstić information content (AvgIpc) is 2.20. The Kier molecular flexibility index (Phi) is 4.30. The van der Waals surface area contributed by atoms with Gasteiger partial charge in [0, 0.05) is 18.7 Å². The van der Waals surface area contributed by atoms with Gasteiger partial charge in [0.2, 0.25) is 5.88 Å². The molecule has 0 saturated carbocycles. The van der Waals surface area contributed by atoms with E-state index in [1.165, 1.54) is 23.9 Å². The van der Waals surface area contributed by atoms with E-state index in [1.807, 2.05) is 0 Å². The molecule has 0 amide bonds. The maximum atomic E-state index is 11.3. The molecule has 5 nitrogen and oxygen atoms in total. The number of aryl methyl sites for hydroxylation is 1. The van der Waals surface area contributed by atoms with Crippen molar-refractivity contribution in [2.45, 2.75) is 32.4 Å². The van der Waals surface area contributed by atoms with Crippen molar-refractivity contribution in [1.29, 1.82) is 0 Å². The molecular formula is C10H16N2O3. The van der Waals surface area contributed by atoms with Crippen LogP contribution in [0.15, 0.2) is 16.9 Å². The monoisotopic (exact) mass is 212 g/mol. The molecule has 0 spiro atoms. The number of hydrogen-bond acceptors (Lipinski definition) is 4. The Hall–Kier alpha value is -1.36. The van der Waals surface area contributed by atoms with Gasteiger partial charge in [0.25, 0.3) is 5.56 Å². The molecule has 1 atom stereocenters. The number of aliphatic hydroxyl groups excluding tert-OH is 1. The Morgan fingerprint density at radius 2 is 2.33 bits per heavy atom. The third kappa shape index (κ3) is 3.71. The van der Waals surface area contributed by atoms with Gasteiger partial charge >= 0.3 is 0 Å². The molecule has 0 aromatic carbocycles. The average molecular weight is 212 g/mol. The number of nitrogens with zero attached hydrogens (tertiary/aromatic N) is 2. The van der Waals surface area contributed by atoms with Gasteiger partial charge < -0.3 is 9.84 Å². The summed E-state index contributed by atoms with van der Waals surface area (Å²) < 4.78 is 6.27. The minimum atomic E-state index is -0.341. The largest absolute Gasteiger partial charge is 0.480 e. The standard InChI is InChI=1S/C10H16N2O3/c1-8(13)4-3-7-12-10(14)6-5-9(11-12)15-2/h5-6,8,13H,3-4,7H2,1-2H3. The molecule has 0 bridgehead atoms. The molecule has 0 aliphatic rings. The first-order valence-corrected chi connectivity index (χ1v) is 4.93. The van der Waals surface area contributed by atoms with Crippen LogP contribution in [0.5, 0.6) is 5.88 Å². The Labute approximate surface area is 88.3 Å². The van der Waals surface area contributed by atoms with Gasteiger partial charge in [-0.2, -0.15) is 0 Å². The molecule has 1 N–H and O–H groups in total. The van der Waals surface area contributed by atoms with Gasteiger partial charge in [-0.1, -0.05) is 0 Å². The molecule has 5 heteroatoms. The van der Waals surface area contributed by atoms with Crippen molar-refractivity contribution in [1.82, 2.24) is 9.78 Å². The van der Waals surface area contributed by atoms with Crippen LogP contribution in [0.25, 0.3) is 0 Å². The highest BCUT2D eigenvalue weighted by molar-refractivity contribution is 5.05. The zero-order valence-corrected chi connectivity index (χ0v) is 9.01. The van der Waals surface area contributed by atoms with Crippen LogP contribution in [-0.4, -0.2) is 28.1 Å². The third-order valence-corrected chi connectivity index (χ3v) is 2.04. The molecule has 84 valence electrons. The van der Waals surface area contributed by atoms with Crippen molar-refractivity contribution in [3.8, 4) is 5.88 Å². The van der Waals surface area contributed by atoms with Crippen LogP contribution in [0.1, 0.15) is 19.8 Å². The number of methoxy groups -OCH3 is 1. The van der Waals surface area contributed by atoms with E-state index in [2.05, 4.69) is 5.10 Å². The number of hydrogen-bond donors (Lipinski definition) is 1. The van der Waals surface area contributed by atoms with E-state index in [4.69, 9.17) is 9.84 Å². The van der Waals surface area contributed by atoms with Crippen molar-refractivity contribution in [2.75, 3.05) is 7.11 Å². The summed E-state index contributed by atoms with van der Waals surface area (Å²) in [6, 6.07) is 2.96. The summed E-state index contributed by atoms with van der Waals surface area (Å²) in [6.07, 6.45) is 1.04. The Balaban J connectivity index is 2.63. The minimum Gasteiger partial charge on any atom is -0.480 e. The molecule has 1 heterocycles. The van der Waals surface area contributed by atoms with Crippen molar-refractivity contribution in [2.24, 2.45) is 0 Å². The lowest BCUT2D eigenvalue weighted by Crippen LogP contribution is -2.22. The molecule has 1 unspecified atom stereocenters. The van der Waals surface area contributed by atoms with E-state index in [1.54, 1.807) is 6.92 Å². The lowest BCUT2D eigenvalue weighted by Gasteiger charge is -2.06. The second-order valence-electron chi connectivity index (χ2n) is 3.43. The summed E-state index contributed by atoms with van der Waals surface area (Å²) in [6.45, 7) is 2.22. The fraction of sp³-hybridized carbons (Fsp3) is 0.600. The summed E-state index contributed by atoms with van der Waals surface area (Å²) in [5.74, 6) is 0.423. The molecule has 1 rings (SSSR count). The van der Waals surface area contributed by atoms with E-state index in [0.717, 1.165) is 6.42 Å². The predicted octanol–water partition coefficient (Wildman–Crippen LogP) is 0.413. The molecule has 0 aliphatic heterocycles. The SMILES string of the molecule is COc1ccc(=O)n(CCCC(C)O)n1. The maximum Gasteiger partial charge on any atom is 0.266 e. The van der Waals surface area contributed by atoms with Gasteiger partial charge in [-0.25, -0.2) is 4.68 Å². The number of ether oxygens (including phenoxy) is 1. The highest BCUT2D eigenvalue weighted by Gasteiger charge is 2.01. The highest BCUT2D eigenvalue weighted by Crippen LogP contribution is 2.01. The quantitative estimate of drug-likeness (QED) is 0.768. The smallest absolute Gasteiger partial charge is 0.266 e. The first-order chi connectivity index (χ1) is 7.13. The molecular weight excluding hydrogens is 196 g/mol.